The molecule has 9 nitrogen and oxygen atoms in total. The predicted molar refractivity (Wildman–Crippen MR) is 154 cm³/mol. The zero-order chi connectivity index (χ0) is 31.2. The molecule has 0 aliphatic heterocycles. The molecule has 0 amide bonds. The molecule has 10 heteroatoms. The van der Waals surface area contributed by atoms with Gasteiger partial charge < -0.3 is 23.7 Å². The highest BCUT2D eigenvalue weighted by molar-refractivity contribution is 5.92. The highest BCUT2D eigenvalue weighted by Gasteiger charge is 2.15. The molecule has 3 aromatic rings. The maximum Gasteiger partial charge on any atom is 0.343 e. The maximum atomic E-state index is 14.8. The molecule has 43 heavy (non-hydrogen) atoms. The van der Waals surface area contributed by atoms with Crippen molar-refractivity contribution >= 4 is 23.7 Å². The van der Waals surface area contributed by atoms with Crippen molar-refractivity contribution in [2.45, 2.75) is 6.42 Å². The van der Waals surface area contributed by atoms with Crippen molar-refractivity contribution in [3.05, 3.63) is 116 Å². The molecule has 0 fully saturated rings. The second-order valence-corrected chi connectivity index (χ2v) is 8.28. The van der Waals surface area contributed by atoms with E-state index in [1.54, 1.807) is 24.3 Å². The van der Waals surface area contributed by atoms with Crippen molar-refractivity contribution in [3.63, 3.8) is 0 Å². The van der Waals surface area contributed by atoms with Gasteiger partial charge in [0, 0.05) is 23.3 Å². The number of hydrogen-bond acceptors (Lipinski definition) is 9. The summed E-state index contributed by atoms with van der Waals surface area (Å²) < 4.78 is 40.6. The van der Waals surface area contributed by atoms with E-state index in [0.29, 0.717) is 16.7 Å². The summed E-state index contributed by atoms with van der Waals surface area (Å²) in [6.45, 7) is 8.95. The Labute approximate surface area is 246 Å². The van der Waals surface area contributed by atoms with Crippen LogP contribution in [0.5, 0.6) is 17.2 Å². The number of carbonyl (C=O) groups is 4. The van der Waals surface area contributed by atoms with E-state index in [-0.39, 0.29) is 35.0 Å². The standard InChI is InChI=1S/C33H25FO9/c1-4-25(35)9-7-8-22-10-16-27(28(34)18-22)23-11-14-26(15-12-23)43-33(38)24-13-17-29(39-20-41-31(36)5-2)30(19-24)40-21-42-32(37)6-3/h4-6,10-19H,1-3,9,20-21H2. The van der Waals surface area contributed by atoms with Crippen LogP contribution in [0.4, 0.5) is 4.39 Å². The molecule has 3 aromatic carbocycles. The lowest BCUT2D eigenvalue weighted by Crippen LogP contribution is -2.13. The molecule has 0 spiro atoms. The zero-order valence-electron chi connectivity index (χ0n) is 22.8. The minimum Gasteiger partial charge on any atom is -0.453 e. The maximum absolute atomic E-state index is 14.8. The highest BCUT2D eigenvalue weighted by atomic mass is 19.1. The van der Waals surface area contributed by atoms with E-state index in [9.17, 15) is 23.6 Å². The normalized spacial score (nSPS) is 9.79. The van der Waals surface area contributed by atoms with E-state index in [1.165, 1.54) is 42.5 Å². The van der Waals surface area contributed by atoms with Crippen LogP contribution in [0.25, 0.3) is 11.1 Å². The highest BCUT2D eigenvalue weighted by Crippen LogP contribution is 2.30. The summed E-state index contributed by atoms with van der Waals surface area (Å²) in [6.07, 6.45) is 3.08. The van der Waals surface area contributed by atoms with Gasteiger partial charge in [0.2, 0.25) is 13.6 Å². The lowest BCUT2D eigenvalue weighted by Gasteiger charge is -2.14. The van der Waals surface area contributed by atoms with Crippen molar-refractivity contribution in [2.75, 3.05) is 13.6 Å². The van der Waals surface area contributed by atoms with Gasteiger partial charge in [-0.15, -0.1) is 0 Å². The van der Waals surface area contributed by atoms with Gasteiger partial charge >= 0.3 is 17.9 Å². The Bertz CT molecular complexity index is 1610. The average Bonchev–Trinajstić information content (AvgIpc) is 3.01. The van der Waals surface area contributed by atoms with Gasteiger partial charge in [0.05, 0.1) is 12.0 Å². The van der Waals surface area contributed by atoms with Crippen LogP contribution in [0, 0.1) is 17.7 Å². The molecule has 0 aliphatic carbocycles. The number of carbonyl (C=O) groups excluding carboxylic acids is 4. The third-order valence-electron chi connectivity index (χ3n) is 5.41. The van der Waals surface area contributed by atoms with Crippen LogP contribution in [-0.2, 0) is 23.9 Å². The summed E-state index contributed by atoms with van der Waals surface area (Å²) >= 11 is 0. The molecule has 0 saturated carbocycles. The van der Waals surface area contributed by atoms with Gasteiger partial charge in [-0.2, -0.15) is 0 Å². The van der Waals surface area contributed by atoms with Crippen molar-refractivity contribution in [3.8, 4) is 40.2 Å². The zero-order valence-corrected chi connectivity index (χ0v) is 22.8. The molecular formula is C33H25FO9. The molecule has 0 aromatic heterocycles. The number of esters is 3. The number of ether oxygens (including phenoxy) is 5. The number of halogens is 1. The van der Waals surface area contributed by atoms with Crippen molar-refractivity contribution < 1.29 is 47.3 Å². The third kappa shape index (κ3) is 9.58. The smallest absolute Gasteiger partial charge is 0.343 e. The molecule has 0 radical (unpaired) electrons. The minimum atomic E-state index is -0.755. The molecule has 0 unspecified atom stereocenters. The fourth-order valence-corrected chi connectivity index (χ4v) is 3.29. The first kappa shape index (κ1) is 31.6. The SMILES string of the molecule is C=CC(=O)CC#Cc1ccc(-c2ccc(OC(=O)c3ccc(OCOC(=O)C=C)c(OCOC(=O)C=C)c3)cc2)c(F)c1. The molecular weight excluding hydrogens is 559 g/mol. The predicted octanol–water partition coefficient (Wildman–Crippen LogP) is 5.34. The Kier molecular flexibility index (Phi) is 11.6. The molecule has 0 atom stereocenters. The van der Waals surface area contributed by atoms with Crippen molar-refractivity contribution in [1.29, 1.82) is 0 Å². The molecule has 0 N–H and O–H groups in total. The molecule has 0 aliphatic rings. The Morgan fingerprint density at radius 1 is 0.767 bits per heavy atom. The van der Waals surface area contributed by atoms with E-state index in [1.807, 2.05) is 0 Å². The van der Waals surface area contributed by atoms with Crippen molar-refractivity contribution in [2.24, 2.45) is 0 Å². The van der Waals surface area contributed by atoms with Crippen LogP contribution >= 0.6 is 0 Å². The van der Waals surface area contributed by atoms with E-state index >= 15 is 0 Å². The van der Waals surface area contributed by atoms with Crippen LogP contribution in [0.15, 0.2) is 98.6 Å². The Morgan fingerprint density at radius 2 is 1.42 bits per heavy atom. The van der Waals surface area contributed by atoms with Gasteiger partial charge in [-0.1, -0.05) is 49.8 Å². The summed E-state index contributed by atoms with van der Waals surface area (Å²) in [6, 6.07) is 14.7. The molecule has 3 rings (SSSR count). The summed E-state index contributed by atoms with van der Waals surface area (Å²) in [4.78, 5) is 46.7. The van der Waals surface area contributed by atoms with Crippen LogP contribution < -0.4 is 14.2 Å². The van der Waals surface area contributed by atoms with E-state index < -0.39 is 37.3 Å². The fourth-order valence-electron chi connectivity index (χ4n) is 3.29. The van der Waals surface area contributed by atoms with Gasteiger partial charge in [-0.3, -0.25) is 4.79 Å². The van der Waals surface area contributed by atoms with Gasteiger partial charge in [-0.25, -0.2) is 18.8 Å². The largest absolute Gasteiger partial charge is 0.453 e. The number of benzene rings is 3. The summed E-state index contributed by atoms with van der Waals surface area (Å²) in [5, 5.41) is 0. The van der Waals surface area contributed by atoms with E-state index in [4.69, 9.17) is 23.7 Å². The summed E-state index contributed by atoms with van der Waals surface area (Å²) in [5.74, 6) is 2.73. The van der Waals surface area contributed by atoms with Crippen LogP contribution in [0.2, 0.25) is 0 Å². The quantitative estimate of drug-likeness (QED) is 0.0863. The Morgan fingerprint density at radius 3 is 2.02 bits per heavy atom. The first-order chi connectivity index (χ1) is 20.7. The lowest BCUT2D eigenvalue weighted by atomic mass is 10.0. The Hall–Kier alpha value is -5.95. The van der Waals surface area contributed by atoms with Gasteiger partial charge in [0.15, 0.2) is 17.3 Å². The Balaban J connectivity index is 1.71. The number of hydrogen-bond donors (Lipinski definition) is 0. The second-order valence-electron chi connectivity index (χ2n) is 8.28. The monoisotopic (exact) mass is 584 g/mol. The van der Waals surface area contributed by atoms with Crippen molar-refractivity contribution in [1.82, 2.24) is 0 Å². The van der Waals surface area contributed by atoms with Crippen LogP contribution in [-0.4, -0.2) is 37.3 Å². The summed E-state index contributed by atoms with van der Waals surface area (Å²) in [5.41, 5.74) is 1.31. The molecule has 0 bridgehead atoms. The van der Waals surface area contributed by atoms with Crippen LogP contribution in [0.1, 0.15) is 22.3 Å². The first-order valence-electron chi connectivity index (χ1n) is 12.5. The average molecular weight is 585 g/mol. The van der Waals surface area contributed by atoms with E-state index in [2.05, 4.69) is 31.6 Å². The fraction of sp³-hybridized carbons (Fsp3) is 0.0909. The molecule has 0 saturated heterocycles. The first-order valence-corrected chi connectivity index (χ1v) is 12.5. The van der Waals surface area contributed by atoms with E-state index in [0.717, 1.165) is 12.2 Å². The second kappa shape index (κ2) is 15.7. The number of ketones is 1. The number of allylic oxidation sites excluding steroid dienone is 1. The molecule has 0 heterocycles. The van der Waals surface area contributed by atoms with Crippen LogP contribution in [0.3, 0.4) is 0 Å². The third-order valence-corrected chi connectivity index (χ3v) is 5.41. The lowest BCUT2D eigenvalue weighted by molar-refractivity contribution is -0.146. The topological polar surface area (TPSA) is 114 Å². The molecule has 218 valence electrons. The number of rotatable bonds is 13. The van der Waals surface area contributed by atoms with Gasteiger partial charge in [0.1, 0.15) is 11.6 Å². The van der Waals surface area contributed by atoms with Gasteiger partial charge in [-0.05, 0) is 54.1 Å². The minimum absolute atomic E-state index is 0.00229. The summed E-state index contributed by atoms with van der Waals surface area (Å²) in [7, 11) is 0. The van der Waals surface area contributed by atoms with Gasteiger partial charge in [0.25, 0.3) is 0 Å².